The summed E-state index contributed by atoms with van der Waals surface area (Å²) in [5, 5.41) is 12.3. The Bertz CT molecular complexity index is 1220. The van der Waals surface area contributed by atoms with Gasteiger partial charge in [0.05, 0.1) is 0 Å². The van der Waals surface area contributed by atoms with Crippen LogP contribution in [-0.4, -0.2) is 15.1 Å². The second kappa shape index (κ2) is 7.11. The van der Waals surface area contributed by atoms with Gasteiger partial charge in [0.1, 0.15) is 5.75 Å². The first-order chi connectivity index (χ1) is 13.6. The van der Waals surface area contributed by atoms with E-state index < -0.39 is 0 Å². The maximum absolute atomic E-state index is 9.80. The van der Waals surface area contributed by atoms with E-state index in [1.807, 2.05) is 12.1 Å². The Morgan fingerprint density at radius 2 is 1.18 bits per heavy atom. The minimum atomic E-state index is 0.0551. The summed E-state index contributed by atoms with van der Waals surface area (Å²) in [6.07, 6.45) is 4.23. The van der Waals surface area contributed by atoms with Gasteiger partial charge in [-0.2, -0.15) is 0 Å². The Kier molecular flexibility index (Phi) is 4.59. The molecule has 3 N–H and O–H groups in total. The molecule has 28 heavy (non-hydrogen) atoms. The molecule has 138 valence electrons. The van der Waals surface area contributed by atoms with Crippen LogP contribution >= 0.6 is 45.2 Å². The van der Waals surface area contributed by atoms with Gasteiger partial charge < -0.3 is 15.1 Å². The summed E-state index contributed by atoms with van der Waals surface area (Å²) < 4.78 is 2.42. The smallest absolute Gasteiger partial charge is 0.115 e. The first kappa shape index (κ1) is 18.1. The SMILES string of the molecule is Oc1ccc(C(c2c[nH]c3ccc(I)cc23)c2c[nH]c3ccc(I)cc23)cc1. The molecule has 3 aromatic carbocycles. The lowest BCUT2D eigenvalue weighted by molar-refractivity contribution is 0.475. The van der Waals surface area contributed by atoms with E-state index in [0.29, 0.717) is 0 Å². The molecule has 5 rings (SSSR count). The molecular formula is C23H16I2N2O. The number of phenols is 1. The summed E-state index contributed by atoms with van der Waals surface area (Å²) in [5.41, 5.74) is 5.89. The van der Waals surface area contributed by atoms with Crippen LogP contribution < -0.4 is 0 Å². The van der Waals surface area contributed by atoms with Crippen molar-refractivity contribution in [2.24, 2.45) is 0 Å². The summed E-state index contributed by atoms with van der Waals surface area (Å²) in [6.45, 7) is 0. The molecule has 0 unspecified atom stereocenters. The van der Waals surface area contributed by atoms with Gasteiger partial charge in [-0.25, -0.2) is 0 Å². The highest BCUT2D eigenvalue weighted by molar-refractivity contribution is 14.1. The van der Waals surface area contributed by atoms with Crippen molar-refractivity contribution in [3.8, 4) is 5.75 Å². The fourth-order valence-corrected chi connectivity index (χ4v) is 4.88. The van der Waals surface area contributed by atoms with Crippen molar-refractivity contribution in [1.82, 2.24) is 9.97 Å². The largest absolute Gasteiger partial charge is 0.508 e. The molecule has 3 nitrogen and oxygen atoms in total. The van der Waals surface area contributed by atoms with E-state index in [0.717, 1.165) is 16.6 Å². The first-order valence-electron chi connectivity index (χ1n) is 8.92. The number of nitrogens with one attached hydrogen (secondary N) is 2. The zero-order valence-corrected chi connectivity index (χ0v) is 19.0. The Hall–Kier alpha value is -2.00. The molecule has 5 heteroatoms. The van der Waals surface area contributed by atoms with E-state index >= 15 is 0 Å². The highest BCUT2D eigenvalue weighted by Crippen LogP contribution is 2.40. The number of aromatic hydroxyl groups is 1. The van der Waals surface area contributed by atoms with Gasteiger partial charge in [-0.3, -0.25) is 0 Å². The number of fused-ring (bicyclic) bond motifs is 2. The number of hydrogen-bond donors (Lipinski definition) is 3. The predicted octanol–water partition coefficient (Wildman–Crippen LogP) is 6.74. The second-order valence-electron chi connectivity index (χ2n) is 6.89. The molecule has 0 atom stereocenters. The molecule has 0 fully saturated rings. The van der Waals surface area contributed by atoms with E-state index in [1.54, 1.807) is 12.1 Å². The predicted molar refractivity (Wildman–Crippen MR) is 131 cm³/mol. The summed E-state index contributed by atoms with van der Waals surface area (Å²) in [6, 6.07) is 20.5. The van der Waals surface area contributed by atoms with Gasteiger partial charge >= 0.3 is 0 Å². The average molecular weight is 590 g/mol. The van der Waals surface area contributed by atoms with Crippen molar-refractivity contribution < 1.29 is 5.11 Å². The minimum absolute atomic E-state index is 0.0551. The molecule has 2 aromatic heterocycles. The zero-order valence-electron chi connectivity index (χ0n) is 14.7. The number of H-pyrrole nitrogens is 2. The van der Waals surface area contributed by atoms with Crippen LogP contribution in [0.25, 0.3) is 21.8 Å². The maximum atomic E-state index is 9.80. The van der Waals surface area contributed by atoms with Gasteiger partial charge in [0, 0.05) is 47.3 Å². The van der Waals surface area contributed by atoms with Gasteiger partial charge in [-0.05, 0) is 110 Å². The van der Waals surface area contributed by atoms with E-state index in [1.165, 1.54) is 29.0 Å². The van der Waals surface area contributed by atoms with Crippen LogP contribution in [0.15, 0.2) is 73.1 Å². The second-order valence-corrected chi connectivity index (χ2v) is 9.38. The summed E-state index contributed by atoms with van der Waals surface area (Å²) in [7, 11) is 0. The third-order valence-corrected chi connectivity index (χ3v) is 6.54. The normalized spacial score (nSPS) is 11.7. The Morgan fingerprint density at radius 3 is 1.68 bits per heavy atom. The van der Waals surface area contributed by atoms with E-state index in [2.05, 4.69) is 104 Å². The fourth-order valence-electron chi connectivity index (χ4n) is 3.90. The molecule has 0 aliphatic rings. The number of halogens is 2. The van der Waals surface area contributed by atoms with Gasteiger partial charge in [-0.15, -0.1) is 0 Å². The topological polar surface area (TPSA) is 51.8 Å². The summed E-state index contributed by atoms with van der Waals surface area (Å²) >= 11 is 4.72. The molecule has 0 spiro atoms. The highest BCUT2D eigenvalue weighted by atomic mass is 127. The fraction of sp³-hybridized carbons (Fsp3) is 0.0435. The average Bonchev–Trinajstić information content (AvgIpc) is 3.28. The zero-order chi connectivity index (χ0) is 19.3. The van der Waals surface area contributed by atoms with Gasteiger partial charge in [0.2, 0.25) is 0 Å². The van der Waals surface area contributed by atoms with Crippen molar-refractivity contribution in [2.75, 3.05) is 0 Å². The number of hydrogen-bond acceptors (Lipinski definition) is 1. The van der Waals surface area contributed by atoms with Gasteiger partial charge in [-0.1, -0.05) is 12.1 Å². The molecule has 5 aromatic rings. The Balaban J connectivity index is 1.81. The van der Waals surface area contributed by atoms with Crippen LogP contribution in [0, 0.1) is 7.14 Å². The quantitative estimate of drug-likeness (QED) is 0.201. The van der Waals surface area contributed by atoms with Gasteiger partial charge in [0.25, 0.3) is 0 Å². The number of aromatic amines is 2. The number of phenolic OH excluding ortho intramolecular Hbond substituents is 1. The van der Waals surface area contributed by atoms with Crippen molar-refractivity contribution in [3.05, 3.63) is 96.9 Å². The minimum Gasteiger partial charge on any atom is -0.508 e. The molecule has 2 heterocycles. The molecule has 0 aliphatic carbocycles. The Labute approximate surface area is 189 Å². The maximum Gasteiger partial charge on any atom is 0.115 e. The van der Waals surface area contributed by atoms with Crippen LogP contribution in [0.1, 0.15) is 22.6 Å². The number of rotatable bonds is 3. The molecule has 0 bridgehead atoms. The molecule has 0 saturated carbocycles. The lowest BCUT2D eigenvalue weighted by atomic mass is 9.85. The highest BCUT2D eigenvalue weighted by Gasteiger charge is 2.23. The van der Waals surface area contributed by atoms with Crippen LogP contribution in [0.5, 0.6) is 5.75 Å². The lowest BCUT2D eigenvalue weighted by Gasteiger charge is -2.18. The van der Waals surface area contributed by atoms with Crippen LogP contribution in [0.2, 0.25) is 0 Å². The molecule has 0 amide bonds. The van der Waals surface area contributed by atoms with Gasteiger partial charge in [0.15, 0.2) is 0 Å². The van der Waals surface area contributed by atoms with Crippen molar-refractivity contribution in [1.29, 1.82) is 0 Å². The monoisotopic (exact) mass is 590 g/mol. The third kappa shape index (κ3) is 3.10. The number of aromatic nitrogens is 2. The molecule has 0 aliphatic heterocycles. The van der Waals surface area contributed by atoms with Crippen LogP contribution in [0.4, 0.5) is 0 Å². The summed E-state index contributed by atoms with van der Waals surface area (Å²) in [4.78, 5) is 6.87. The van der Waals surface area contributed by atoms with E-state index in [4.69, 9.17) is 0 Å². The molecule has 0 saturated heterocycles. The van der Waals surface area contributed by atoms with E-state index in [9.17, 15) is 5.11 Å². The van der Waals surface area contributed by atoms with Crippen molar-refractivity contribution >= 4 is 67.0 Å². The third-order valence-electron chi connectivity index (χ3n) is 5.20. The standard InChI is InChI=1S/C23H16I2N2O/c24-14-3-7-21-17(9-14)19(11-26-21)23(13-1-5-16(28)6-2-13)20-12-27-22-8-4-15(25)10-18(20)22/h1-12,23,26-28H. The molecule has 0 radical (unpaired) electrons. The Morgan fingerprint density at radius 1 is 0.679 bits per heavy atom. The van der Waals surface area contributed by atoms with Crippen LogP contribution in [-0.2, 0) is 0 Å². The van der Waals surface area contributed by atoms with Crippen molar-refractivity contribution in [2.45, 2.75) is 5.92 Å². The molecular weight excluding hydrogens is 574 g/mol. The lowest BCUT2D eigenvalue weighted by Crippen LogP contribution is -2.02. The summed E-state index contributed by atoms with van der Waals surface area (Å²) in [5.74, 6) is 0.337. The first-order valence-corrected chi connectivity index (χ1v) is 11.1. The van der Waals surface area contributed by atoms with Crippen molar-refractivity contribution in [3.63, 3.8) is 0 Å². The number of benzene rings is 3. The van der Waals surface area contributed by atoms with E-state index in [-0.39, 0.29) is 11.7 Å². The van der Waals surface area contributed by atoms with Crippen LogP contribution in [0.3, 0.4) is 0 Å².